The first kappa shape index (κ1) is 19.5. The van der Waals surface area contributed by atoms with E-state index in [9.17, 15) is 4.79 Å². The fourth-order valence-corrected chi connectivity index (χ4v) is 3.02. The van der Waals surface area contributed by atoms with Crippen molar-refractivity contribution < 1.29 is 19.0 Å². The van der Waals surface area contributed by atoms with Crippen LogP contribution >= 0.6 is 12.2 Å². The second kappa shape index (κ2) is 8.62. The van der Waals surface area contributed by atoms with Crippen molar-refractivity contribution in [3.63, 3.8) is 0 Å². The first-order chi connectivity index (χ1) is 13.6. The van der Waals surface area contributed by atoms with Gasteiger partial charge in [-0.05, 0) is 37.3 Å². The summed E-state index contributed by atoms with van der Waals surface area (Å²) >= 11 is 5.46. The van der Waals surface area contributed by atoms with E-state index in [1.165, 1.54) is 0 Å². The fourth-order valence-electron chi connectivity index (χ4n) is 2.81. The minimum absolute atomic E-state index is 0.275. The third kappa shape index (κ3) is 4.01. The highest BCUT2D eigenvalue weighted by molar-refractivity contribution is 7.80. The van der Waals surface area contributed by atoms with Gasteiger partial charge < -0.3 is 29.8 Å². The van der Waals surface area contributed by atoms with Crippen molar-refractivity contribution in [3.8, 4) is 11.5 Å². The number of methoxy groups -OCH3 is 2. The molecule has 8 heteroatoms. The predicted molar refractivity (Wildman–Crippen MR) is 114 cm³/mol. The molecule has 7 nitrogen and oxygen atoms in total. The molecular formula is C20H21N3O4S. The molecule has 3 N–H and O–H groups in total. The largest absolute Gasteiger partial charge is 0.497 e. The van der Waals surface area contributed by atoms with Crippen LogP contribution < -0.4 is 20.1 Å². The van der Waals surface area contributed by atoms with Crippen LogP contribution in [0.25, 0.3) is 10.9 Å². The van der Waals surface area contributed by atoms with Crippen molar-refractivity contribution >= 4 is 45.6 Å². The van der Waals surface area contributed by atoms with Crippen LogP contribution in [0.15, 0.2) is 42.5 Å². The molecule has 0 amide bonds. The number of anilines is 2. The molecule has 0 unspecified atom stereocenters. The number of carbonyl (C=O) groups is 1. The molecule has 0 bridgehead atoms. The number of hydrogen-bond acceptors (Lipinski definition) is 5. The quantitative estimate of drug-likeness (QED) is 0.424. The first-order valence-corrected chi connectivity index (χ1v) is 9.06. The number of H-pyrrole nitrogens is 1. The van der Waals surface area contributed by atoms with E-state index in [2.05, 4.69) is 15.6 Å². The van der Waals surface area contributed by atoms with Crippen LogP contribution in [-0.2, 0) is 4.74 Å². The zero-order chi connectivity index (χ0) is 20.1. The average molecular weight is 399 g/mol. The second-order valence-electron chi connectivity index (χ2n) is 5.79. The Morgan fingerprint density at radius 1 is 1.11 bits per heavy atom. The Labute approximate surface area is 168 Å². The molecule has 0 radical (unpaired) electrons. The zero-order valence-electron chi connectivity index (χ0n) is 15.8. The normalized spacial score (nSPS) is 10.4. The van der Waals surface area contributed by atoms with Crippen molar-refractivity contribution in [3.05, 3.63) is 48.2 Å². The topological polar surface area (TPSA) is 84.6 Å². The molecule has 1 aromatic heterocycles. The van der Waals surface area contributed by atoms with Gasteiger partial charge in [-0.2, -0.15) is 0 Å². The molecule has 0 saturated heterocycles. The second-order valence-corrected chi connectivity index (χ2v) is 6.19. The van der Waals surface area contributed by atoms with Crippen LogP contribution in [0, 0.1) is 0 Å². The third-order valence-electron chi connectivity index (χ3n) is 4.08. The van der Waals surface area contributed by atoms with E-state index in [4.69, 9.17) is 26.4 Å². The van der Waals surface area contributed by atoms with Crippen molar-refractivity contribution in [2.24, 2.45) is 0 Å². The molecule has 1 heterocycles. The molecule has 0 saturated carbocycles. The molecule has 0 aliphatic heterocycles. The highest BCUT2D eigenvalue weighted by atomic mass is 32.1. The fraction of sp³-hybridized carbons (Fsp3) is 0.200. The Kier molecular flexibility index (Phi) is 6.00. The number of aromatic amines is 1. The molecule has 0 aliphatic rings. The molecule has 2 aromatic carbocycles. The van der Waals surface area contributed by atoms with E-state index in [0.29, 0.717) is 33.7 Å². The van der Waals surface area contributed by atoms with Gasteiger partial charge in [0.1, 0.15) is 17.2 Å². The summed E-state index contributed by atoms with van der Waals surface area (Å²) in [4.78, 5) is 15.5. The van der Waals surface area contributed by atoms with Crippen molar-refractivity contribution in [1.29, 1.82) is 0 Å². The highest BCUT2D eigenvalue weighted by Gasteiger charge is 2.20. The number of ether oxygens (including phenoxy) is 3. The minimum atomic E-state index is -0.456. The Morgan fingerprint density at radius 3 is 2.61 bits per heavy atom. The van der Waals surface area contributed by atoms with Crippen molar-refractivity contribution in [2.75, 3.05) is 31.5 Å². The lowest BCUT2D eigenvalue weighted by atomic mass is 10.2. The number of benzene rings is 2. The summed E-state index contributed by atoms with van der Waals surface area (Å²) < 4.78 is 15.8. The van der Waals surface area contributed by atoms with Crippen molar-refractivity contribution in [2.45, 2.75) is 6.92 Å². The SMILES string of the molecule is CCOC(=O)c1[nH]c2ccccc2c1NC(=S)Nc1cc(OC)ccc1OC. The maximum absolute atomic E-state index is 12.4. The number of aromatic nitrogens is 1. The molecule has 0 fully saturated rings. The van der Waals surface area contributed by atoms with Gasteiger partial charge in [-0.1, -0.05) is 18.2 Å². The van der Waals surface area contributed by atoms with Gasteiger partial charge in [-0.25, -0.2) is 4.79 Å². The lowest BCUT2D eigenvalue weighted by Crippen LogP contribution is -2.21. The van der Waals surface area contributed by atoms with Crippen LogP contribution in [0.2, 0.25) is 0 Å². The van der Waals surface area contributed by atoms with Gasteiger partial charge in [-0.3, -0.25) is 0 Å². The lowest BCUT2D eigenvalue weighted by Gasteiger charge is -2.15. The van der Waals surface area contributed by atoms with Crippen LogP contribution in [-0.4, -0.2) is 36.9 Å². The van der Waals surface area contributed by atoms with Crippen LogP contribution in [0.4, 0.5) is 11.4 Å². The van der Waals surface area contributed by atoms with E-state index < -0.39 is 5.97 Å². The summed E-state index contributed by atoms with van der Waals surface area (Å²) in [5.41, 5.74) is 2.30. The number of nitrogens with one attached hydrogen (secondary N) is 3. The number of rotatable bonds is 6. The number of para-hydroxylation sites is 1. The van der Waals surface area contributed by atoms with Gasteiger partial charge in [0.05, 0.1) is 32.2 Å². The number of fused-ring (bicyclic) bond motifs is 1. The zero-order valence-corrected chi connectivity index (χ0v) is 16.6. The summed E-state index contributed by atoms with van der Waals surface area (Å²) in [5.74, 6) is 0.808. The predicted octanol–water partition coefficient (Wildman–Crippen LogP) is 4.17. The molecular weight excluding hydrogens is 378 g/mol. The van der Waals surface area contributed by atoms with Gasteiger partial charge in [0, 0.05) is 17.0 Å². The Hall–Kier alpha value is -3.26. The van der Waals surface area contributed by atoms with Gasteiger partial charge in [0.15, 0.2) is 5.11 Å². The Morgan fingerprint density at radius 2 is 1.89 bits per heavy atom. The molecule has 0 spiro atoms. The molecule has 3 rings (SSSR count). The smallest absolute Gasteiger partial charge is 0.356 e. The highest BCUT2D eigenvalue weighted by Crippen LogP contribution is 2.31. The van der Waals surface area contributed by atoms with E-state index in [0.717, 1.165) is 10.9 Å². The van der Waals surface area contributed by atoms with Crippen LogP contribution in [0.3, 0.4) is 0 Å². The van der Waals surface area contributed by atoms with Crippen molar-refractivity contribution in [1.82, 2.24) is 4.98 Å². The van der Waals surface area contributed by atoms with E-state index in [1.807, 2.05) is 24.3 Å². The summed E-state index contributed by atoms with van der Waals surface area (Å²) in [6.45, 7) is 2.03. The Balaban J connectivity index is 1.91. The molecule has 3 aromatic rings. The van der Waals surface area contributed by atoms with Gasteiger partial charge in [0.25, 0.3) is 0 Å². The number of esters is 1. The third-order valence-corrected chi connectivity index (χ3v) is 4.28. The minimum Gasteiger partial charge on any atom is -0.497 e. The van der Waals surface area contributed by atoms with Gasteiger partial charge in [-0.15, -0.1) is 0 Å². The van der Waals surface area contributed by atoms with E-state index in [1.54, 1.807) is 39.3 Å². The number of hydrogen-bond donors (Lipinski definition) is 3. The average Bonchev–Trinajstić information content (AvgIpc) is 3.06. The number of carbonyl (C=O) groups excluding carboxylic acids is 1. The summed E-state index contributed by atoms with van der Waals surface area (Å²) in [5, 5.41) is 7.31. The first-order valence-electron chi connectivity index (χ1n) is 8.65. The molecule has 0 aliphatic carbocycles. The maximum Gasteiger partial charge on any atom is 0.356 e. The van der Waals surface area contributed by atoms with Crippen LogP contribution in [0.1, 0.15) is 17.4 Å². The summed E-state index contributed by atoms with van der Waals surface area (Å²) in [7, 11) is 3.15. The monoisotopic (exact) mass is 399 g/mol. The lowest BCUT2D eigenvalue weighted by molar-refractivity contribution is 0.0522. The standard InChI is InChI=1S/C20H21N3O4S/c1-4-27-19(24)18-17(13-7-5-6-8-14(13)21-18)23-20(28)22-15-11-12(25-2)9-10-16(15)26-3/h5-11,21H,4H2,1-3H3,(H2,22,23,28). The van der Waals surface area contributed by atoms with E-state index >= 15 is 0 Å². The summed E-state index contributed by atoms with van der Waals surface area (Å²) in [6, 6.07) is 12.9. The van der Waals surface area contributed by atoms with Crippen LogP contribution in [0.5, 0.6) is 11.5 Å². The van der Waals surface area contributed by atoms with E-state index in [-0.39, 0.29) is 6.61 Å². The molecule has 28 heavy (non-hydrogen) atoms. The maximum atomic E-state index is 12.4. The molecule has 0 atom stereocenters. The van der Waals surface area contributed by atoms with Gasteiger partial charge in [0.2, 0.25) is 0 Å². The van der Waals surface area contributed by atoms with Gasteiger partial charge >= 0.3 is 5.97 Å². The molecule has 146 valence electrons. The Bertz CT molecular complexity index is 1020. The summed E-state index contributed by atoms with van der Waals surface area (Å²) in [6.07, 6.45) is 0. The number of thiocarbonyl (C=S) groups is 1.